The molecule has 1 aromatic carbocycles. The third kappa shape index (κ3) is 5.33. The molecule has 0 aliphatic carbocycles. The van der Waals surface area contributed by atoms with Crippen molar-refractivity contribution in [1.29, 1.82) is 0 Å². The highest BCUT2D eigenvalue weighted by Crippen LogP contribution is 2.07. The summed E-state index contributed by atoms with van der Waals surface area (Å²) < 4.78 is 2.01. The number of urea groups is 1. The Kier molecular flexibility index (Phi) is 6.66. The Labute approximate surface area is 155 Å². The fourth-order valence-corrected chi connectivity index (χ4v) is 3.30. The van der Waals surface area contributed by atoms with Crippen LogP contribution in [-0.2, 0) is 13.0 Å². The minimum Gasteiger partial charge on any atom is -0.335 e. The first-order chi connectivity index (χ1) is 12.7. The number of piperazine rings is 1. The summed E-state index contributed by atoms with van der Waals surface area (Å²) in [6, 6.07) is 10.8. The first kappa shape index (κ1) is 18.5. The van der Waals surface area contributed by atoms with Gasteiger partial charge in [0.05, 0.1) is 6.33 Å². The van der Waals surface area contributed by atoms with Crippen LogP contribution in [0.1, 0.15) is 18.9 Å². The van der Waals surface area contributed by atoms with Gasteiger partial charge in [-0.2, -0.15) is 0 Å². The largest absolute Gasteiger partial charge is 0.335 e. The molecule has 1 fully saturated rings. The summed E-state index contributed by atoms with van der Waals surface area (Å²) in [5.41, 5.74) is 1.37. The SMILES string of the molecule is CC[C@@H](Cn1ccnc1)NC(=O)N1CCN(CCc2ccccc2)CC1. The van der Waals surface area contributed by atoms with Gasteiger partial charge in [0.1, 0.15) is 0 Å². The topological polar surface area (TPSA) is 53.4 Å². The molecule has 0 bridgehead atoms. The second-order valence-electron chi connectivity index (χ2n) is 6.88. The van der Waals surface area contributed by atoms with E-state index in [0.29, 0.717) is 0 Å². The van der Waals surface area contributed by atoms with Gasteiger partial charge in [0.25, 0.3) is 0 Å². The normalized spacial score (nSPS) is 16.4. The van der Waals surface area contributed by atoms with Crippen LogP contribution in [0.4, 0.5) is 4.79 Å². The molecule has 6 nitrogen and oxygen atoms in total. The highest BCUT2D eigenvalue weighted by atomic mass is 16.2. The Morgan fingerprint density at radius 1 is 1.19 bits per heavy atom. The molecule has 3 rings (SSSR count). The van der Waals surface area contributed by atoms with E-state index in [0.717, 1.165) is 52.1 Å². The van der Waals surface area contributed by atoms with E-state index in [9.17, 15) is 4.79 Å². The fraction of sp³-hybridized carbons (Fsp3) is 0.500. The van der Waals surface area contributed by atoms with Gasteiger partial charge in [0.15, 0.2) is 0 Å². The van der Waals surface area contributed by atoms with Crippen LogP contribution in [0.3, 0.4) is 0 Å². The number of imidazole rings is 1. The minimum absolute atomic E-state index is 0.0553. The zero-order chi connectivity index (χ0) is 18.2. The third-order valence-electron chi connectivity index (χ3n) is 5.03. The number of carbonyl (C=O) groups excluding carboxylic acids is 1. The third-order valence-corrected chi connectivity index (χ3v) is 5.03. The molecule has 1 saturated heterocycles. The molecule has 0 unspecified atom stereocenters. The van der Waals surface area contributed by atoms with E-state index in [2.05, 4.69) is 52.5 Å². The van der Waals surface area contributed by atoms with E-state index < -0.39 is 0 Å². The number of nitrogens with one attached hydrogen (secondary N) is 1. The van der Waals surface area contributed by atoms with Crippen LogP contribution >= 0.6 is 0 Å². The van der Waals surface area contributed by atoms with Crippen LogP contribution in [0.25, 0.3) is 0 Å². The molecule has 0 saturated carbocycles. The average molecular weight is 355 g/mol. The summed E-state index contributed by atoms with van der Waals surface area (Å²) >= 11 is 0. The van der Waals surface area contributed by atoms with Gasteiger partial charge in [0, 0.05) is 57.7 Å². The van der Waals surface area contributed by atoms with Gasteiger partial charge in [-0.15, -0.1) is 0 Å². The molecule has 2 aromatic rings. The van der Waals surface area contributed by atoms with Crippen LogP contribution in [0.15, 0.2) is 49.1 Å². The lowest BCUT2D eigenvalue weighted by Crippen LogP contribution is -2.54. The van der Waals surface area contributed by atoms with Gasteiger partial charge >= 0.3 is 6.03 Å². The number of hydrogen-bond donors (Lipinski definition) is 1. The Morgan fingerprint density at radius 3 is 2.62 bits per heavy atom. The number of rotatable bonds is 7. The predicted molar refractivity (Wildman–Crippen MR) is 103 cm³/mol. The lowest BCUT2D eigenvalue weighted by molar-refractivity contribution is 0.137. The number of aromatic nitrogens is 2. The van der Waals surface area contributed by atoms with Crippen LogP contribution in [0, 0.1) is 0 Å². The summed E-state index contributed by atoms with van der Waals surface area (Å²) in [6.45, 7) is 7.39. The first-order valence-electron chi connectivity index (χ1n) is 9.52. The second kappa shape index (κ2) is 9.38. The Bertz CT molecular complexity index is 650. The van der Waals surface area contributed by atoms with Crippen molar-refractivity contribution in [1.82, 2.24) is 24.7 Å². The highest BCUT2D eigenvalue weighted by molar-refractivity contribution is 5.74. The maximum absolute atomic E-state index is 12.6. The van der Waals surface area contributed by atoms with Crippen molar-refractivity contribution >= 4 is 6.03 Å². The van der Waals surface area contributed by atoms with Crippen molar-refractivity contribution in [2.75, 3.05) is 32.7 Å². The maximum Gasteiger partial charge on any atom is 0.317 e. The maximum atomic E-state index is 12.6. The summed E-state index contributed by atoms with van der Waals surface area (Å²) in [7, 11) is 0. The Morgan fingerprint density at radius 2 is 1.96 bits per heavy atom. The standard InChI is InChI=1S/C20H29N5O/c1-2-19(16-24-11-9-21-17-24)22-20(26)25-14-12-23(13-15-25)10-8-18-6-4-3-5-7-18/h3-7,9,11,17,19H,2,8,10,12-16H2,1H3,(H,22,26)/t19-/m0/s1. The summed E-state index contributed by atoms with van der Waals surface area (Å²) in [4.78, 5) is 21.0. The van der Waals surface area contributed by atoms with Crippen molar-refractivity contribution in [2.45, 2.75) is 32.4 Å². The summed E-state index contributed by atoms with van der Waals surface area (Å²) in [5.74, 6) is 0. The molecule has 1 aliphatic rings. The molecule has 140 valence electrons. The fourth-order valence-electron chi connectivity index (χ4n) is 3.30. The van der Waals surface area contributed by atoms with E-state index in [1.165, 1.54) is 5.56 Å². The molecular formula is C20H29N5O. The van der Waals surface area contributed by atoms with Crippen LogP contribution in [-0.4, -0.2) is 64.1 Å². The molecule has 2 amide bonds. The van der Waals surface area contributed by atoms with Crippen molar-refractivity contribution < 1.29 is 4.79 Å². The van der Waals surface area contributed by atoms with Gasteiger partial charge in [-0.3, -0.25) is 4.90 Å². The lowest BCUT2D eigenvalue weighted by atomic mass is 10.1. The molecule has 1 aliphatic heterocycles. The zero-order valence-corrected chi connectivity index (χ0v) is 15.6. The van der Waals surface area contributed by atoms with Crippen molar-refractivity contribution in [3.8, 4) is 0 Å². The van der Waals surface area contributed by atoms with Gasteiger partial charge in [-0.25, -0.2) is 9.78 Å². The van der Waals surface area contributed by atoms with Gasteiger partial charge in [-0.05, 0) is 18.4 Å². The van der Waals surface area contributed by atoms with E-state index in [1.807, 2.05) is 15.7 Å². The van der Waals surface area contributed by atoms with Crippen molar-refractivity contribution in [3.05, 3.63) is 54.6 Å². The number of benzene rings is 1. The Hall–Kier alpha value is -2.34. The number of hydrogen-bond acceptors (Lipinski definition) is 3. The quantitative estimate of drug-likeness (QED) is 0.829. The molecule has 1 atom stereocenters. The molecule has 6 heteroatoms. The van der Waals surface area contributed by atoms with E-state index in [-0.39, 0.29) is 12.1 Å². The molecule has 0 spiro atoms. The van der Waals surface area contributed by atoms with Crippen LogP contribution < -0.4 is 5.32 Å². The summed E-state index contributed by atoms with van der Waals surface area (Å²) in [6.07, 6.45) is 7.46. The second-order valence-corrected chi connectivity index (χ2v) is 6.88. The highest BCUT2D eigenvalue weighted by Gasteiger charge is 2.22. The molecular weight excluding hydrogens is 326 g/mol. The van der Waals surface area contributed by atoms with E-state index >= 15 is 0 Å². The smallest absolute Gasteiger partial charge is 0.317 e. The molecule has 26 heavy (non-hydrogen) atoms. The summed E-state index contributed by atoms with van der Waals surface area (Å²) in [5, 5.41) is 3.17. The molecule has 1 N–H and O–H groups in total. The van der Waals surface area contributed by atoms with Crippen molar-refractivity contribution in [3.63, 3.8) is 0 Å². The van der Waals surface area contributed by atoms with Gasteiger partial charge in [-0.1, -0.05) is 37.3 Å². The van der Waals surface area contributed by atoms with Gasteiger partial charge < -0.3 is 14.8 Å². The van der Waals surface area contributed by atoms with Crippen LogP contribution in [0.2, 0.25) is 0 Å². The van der Waals surface area contributed by atoms with Crippen molar-refractivity contribution in [2.24, 2.45) is 0 Å². The average Bonchev–Trinajstić information content (AvgIpc) is 3.20. The molecule has 0 radical (unpaired) electrons. The molecule has 2 heterocycles. The minimum atomic E-state index is 0.0553. The zero-order valence-electron chi connectivity index (χ0n) is 15.6. The number of carbonyl (C=O) groups is 1. The number of amides is 2. The predicted octanol–water partition coefficient (Wildman–Crippen LogP) is 2.23. The first-order valence-corrected chi connectivity index (χ1v) is 9.52. The Balaban J connectivity index is 1.40. The number of nitrogens with zero attached hydrogens (tertiary/aromatic N) is 4. The lowest BCUT2D eigenvalue weighted by Gasteiger charge is -2.35. The van der Waals surface area contributed by atoms with E-state index in [1.54, 1.807) is 12.5 Å². The van der Waals surface area contributed by atoms with Crippen LogP contribution in [0.5, 0.6) is 0 Å². The van der Waals surface area contributed by atoms with Gasteiger partial charge in [0.2, 0.25) is 0 Å². The van der Waals surface area contributed by atoms with E-state index in [4.69, 9.17) is 0 Å². The monoisotopic (exact) mass is 355 g/mol. The molecule has 1 aromatic heterocycles.